The van der Waals surface area contributed by atoms with Crippen molar-refractivity contribution in [2.75, 3.05) is 18.2 Å². The summed E-state index contributed by atoms with van der Waals surface area (Å²) in [6.07, 6.45) is 2.82. The normalized spacial score (nSPS) is 11.1. The van der Waals surface area contributed by atoms with E-state index in [1.54, 1.807) is 23.8 Å². The number of pyridine rings is 1. The van der Waals surface area contributed by atoms with Crippen molar-refractivity contribution in [2.24, 2.45) is 0 Å². The molecule has 6 aromatic rings. The second-order valence-corrected chi connectivity index (χ2v) is 9.92. The van der Waals surface area contributed by atoms with Crippen molar-refractivity contribution >= 4 is 22.5 Å². The molecule has 6 rings (SSSR count). The first-order valence-electron chi connectivity index (χ1n) is 13.5. The van der Waals surface area contributed by atoms with Crippen molar-refractivity contribution < 1.29 is 18.3 Å². The molecule has 8 nitrogen and oxygen atoms in total. The Morgan fingerprint density at radius 3 is 2.40 bits per heavy atom. The third-order valence-corrected chi connectivity index (χ3v) is 7.10. The maximum absolute atomic E-state index is 15.5. The van der Waals surface area contributed by atoms with Gasteiger partial charge in [-0.05, 0) is 42.3 Å². The zero-order valence-corrected chi connectivity index (χ0v) is 23.5. The Kier molecular flexibility index (Phi) is 7.57. The van der Waals surface area contributed by atoms with Gasteiger partial charge in [0, 0.05) is 29.9 Å². The maximum Gasteiger partial charge on any atom is 0.167 e. The molecular weight excluding hydrogens is 550 g/mol. The number of ether oxygens (including phenoxy) is 2. The lowest BCUT2D eigenvalue weighted by atomic mass is 10.1. The van der Waals surface area contributed by atoms with Gasteiger partial charge in [0.2, 0.25) is 0 Å². The van der Waals surface area contributed by atoms with Gasteiger partial charge in [-0.25, -0.2) is 23.7 Å². The predicted octanol–water partition coefficient (Wildman–Crippen LogP) is 6.85. The number of anilines is 2. The van der Waals surface area contributed by atoms with E-state index in [4.69, 9.17) is 15.2 Å². The van der Waals surface area contributed by atoms with E-state index in [1.807, 2.05) is 61.5 Å². The molecule has 0 aliphatic rings. The molecular formula is C33H28F2N6O2. The second-order valence-electron chi connectivity index (χ2n) is 9.92. The lowest BCUT2D eigenvalue weighted by molar-refractivity contribution is 0.290. The number of nitrogens with zero attached hydrogens (tertiary/aromatic N) is 4. The molecule has 10 heteroatoms. The molecule has 0 spiro atoms. The Labute approximate surface area is 246 Å². The third-order valence-electron chi connectivity index (χ3n) is 7.10. The molecule has 0 saturated carbocycles. The Bertz CT molecular complexity index is 1910. The highest BCUT2D eigenvalue weighted by Crippen LogP contribution is 2.39. The topological polar surface area (TPSA) is 100 Å². The number of fused-ring (bicyclic) bond motifs is 1. The van der Waals surface area contributed by atoms with E-state index >= 15 is 8.78 Å². The standard InChI is InChI=1S/C33H28F2N6O2/c1-20-29-32(33(40-19-39-29)38-16-21-8-11-25(42-2)12-9-21)41(31(20)30-27(35)14-23(36)17-37-30)24-10-13-28(26(34)15-24)43-18-22-6-4-3-5-7-22/h3-15,17,19H,16,18,36H2,1-2H3,(H,38,39,40). The monoisotopic (exact) mass is 578 g/mol. The van der Waals surface area contributed by atoms with Gasteiger partial charge in [0.1, 0.15) is 29.9 Å². The fraction of sp³-hybridized carbons (Fsp3) is 0.121. The summed E-state index contributed by atoms with van der Waals surface area (Å²) in [4.78, 5) is 13.3. The van der Waals surface area contributed by atoms with Crippen molar-refractivity contribution in [3.63, 3.8) is 0 Å². The summed E-state index contributed by atoms with van der Waals surface area (Å²) in [5.41, 5.74) is 10.5. The third kappa shape index (κ3) is 5.54. The van der Waals surface area contributed by atoms with Crippen LogP contribution in [0, 0.1) is 18.6 Å². The molecule has 216 valence electrons. The van der Waals surface area contributed by atoms with Gasteiger partial charge in [-0.15, -0.1) is 0 Å². The van der Waals surface area contributed by atoms with Crippen LogP contribution in [0.15, 0.2) is 91.4 Å². The first-order chi connectivity index (χ1) is 20.9. The minimum absolute atomic E-state index is 0.0515. The summed E-state index contributed by atoms with van der Waals surface area (Å²) < 4.78 is 43.6. The minimum Gasteiger partial charge on any atom is -0.497 e. The van der Waals surface area contributed by atoms with Gasteiger partial charge >= 0.3 is 0 Å². The maximum atomic E-state index is 15.5. The van der Waals surface area contributed by atoms with E-state index in [9.17, 15) is 0 Å². The molecule has 3 aromatic heterocycles. The van der Waals surface area contributed by atoms with Crippen molar-refractivity contribution in [2.45, 2.75) is 20.1 Å². The molecule has 3 N–H and O–H groups in total. The number of halogens is 2. The van der Waals surface area contributed by atoms with E-state index in [0.29, 0.717) is 40.3 Å². The van der Waals surface area contributed by atoms with E-state index < -0.39 is 11.6 Å². The molecule has 0 aliphatic heterocycles. The molecule has 3 aromatic carbocycles. The van der Waals surface area contributed by atoms with Crippen molar-refractivity contribution in [3.8, 4) is 28.6 Å². The van der Waals surface area contributed by atoms with E-state index in [1.165, 1.54) is 24.7 Å². The van der Waals surface area contributed by atoms with Gasteiger partial charge in [-0.3, -0.25) is 0 Å². The summed E-state index contributed by atoms with van der Waals surface area (Å²) in [7, 11) is 1.61. The summed E-state index contributed by atoms with van der Waals surface area (Å²) in [5.74, 6) is 0.132. The average Bonchev–Trinajstić information content (AvgIpc) is 3.32. The number of aryl methyl sites for hydroxylation is 1. The van der Waals surface area contributed by atoms with Crippen molar-refractivity contribution in [1.29, 1.82) is 0 Å². The number of nitrogens with two attached hydrogens (primary N) is 1. The molecule has 0 radical (unpaired) electrons. The smallest absolute Gasteiger partial charge is 0.167 e. The van der Waals surface area contributed by atoms with Crippen LogP contribution in [-0.4, -0.2) is 26.6 Å². The van der Waals surface area contributed by atoms with Crippen LogP contribution in [0.25, 0.3) is 28.1 Å². The number of aromatic nitrogens is 4. The summed E-state index contributed by atoms with van der Waals surface area (Å²) >= 11 is 0. The number of nitrogen functional groups attached to an aromatic ring is 1. The number of nitrogens with one attached hydrogen (secondary N) is 1. The Hall–Kier alpha value is -5.51. The van der Waals surface area contributed by atoms with Gasteiger partial charge in [-0.2, -0.15) is 0 Å². The second kappa shape index (κ2) is 11.8. The zero-order chi connectivity index (χ0) is 29.9. The first-order valence-corrected chi connectivity index (χ1v) is 13.5. The quantitative estimate of drug-likeness (QED) is 0.194. The van der Waals surface area contributed by atoms with Crippen LogP contribution in [0.5, 0.6) is 11.5 Å². The minimum atomic E-state index is -0.615. The molecule has 0 bridgehead atoms. The fourth-order valence-corrected chi connectivity index (χ4v) is 4.97. The summed E-state index contributed by atoms with van der Waals surface area (Å²) in [6.45, 7) is 2.46. The first kappa shape index (κ1) is 27.6. The molecule has 0 saturated heterocycles. The van der Waals surface area contributed by atoms with Gasteiger partial charge in [0.25, 0.3) is 0 Å². The molecule has 0 unspecified atom stereocenters. The average molecular weight is 579 g/mol. The lowest BCUT2D eigenvalue weighted by Crippen LogP contribution is -2.07. The van der Waals surface area contributed by atoms with Gasteiger partial charge in [0.05, 0.1) is 30.2 Å². The van der Waals surface area contributed by atoms with Gasteiger partial charge in [-0.1, -0.05) is 42.5 Å². The molecule has 3 heterocycles. The van der Waals surface area contributed by atoms with Crippen LogP contribution in [0.2, 0.25) is 0 Å². The summed E-state index contributed by atoms with van der Waals surface area (Å²) in [5, 5.41) is 3.37. The van der Waals surface area contributed by atoms with E-state index in [0.717, 1.165) is 16.9 Å². The van der Waals surface area contributed by atoms with Crippen LogP contribution in [0.1, 0.15) is 16.7 Å². The highest BCUT2D eigenvalue weighted by atomic mass is 19.1. The SMILES string of the molecule is COc1ccc(CNc2ncnc3c(C)c(-c4ncc(N)cc4F)n(-c4ccc(OCc5ccccc5)c(F)c4)c23)cc1. The molecule has 0 atom stereocenters. The Morgan fingerprint density at radius 1 is 0.884 bits per heavy atom. The van der Waals surface area contributed by atoms with Crippen LogP contribution in [0.4, 0.5) is 20.3 Å². The molecule has 0 fully saturated rings. The number of methoxy groups -OCH3 is 1. The highest BCUT2D eigenvalue weighted by Gasteiger charge is 2.25. The van der Waals surface area contributed by atoms with Gasteiger partial charge in [0.15, 0.2) is 23.2 Å². The van der Waals surface area contributed by atoms with Crippen LogP contribution >= 0.6 is 0 Å². The highest BCUT2D eigenvalue weighted by molar-refractivity contribution is 5.96. The number of hydrogen-bond donors (Lipinski definition) is 2. The molecule has 0 amide bonds. The Balaban J connectivity index is 1.46. The van der Waals surface area contributed by atoms with Crippen LogP contribution in [-0.2, 0) is 13.2 Å². The Morgan fingerprint density at radius 2 is 1.67 bits per heavy atom. The predicted molar refractivity (Wildman–Crippen MR) is 162 cm³/mol. The van der Waals surface area contributed by atoms with Crippen molar-refractivity contribution in [3.05, 3.63) is 120 Å². The number of benzene rings is 3. The molecule has 43 heavy (non-hydrogen) atoms. The number of hydrogen-bond acceptors (Lipinski definition) is 7. The van der Waals surface area contributed by atoms with E-state index in [-0.39, 0.29) is 23.7 Å². The largest absolute Gasteiger partial charge is 0.497 e. The van der Waals surface area contributed by atoms with Crippen LogP contribution < -0.4 is 20.5 Å². The van der Waals surface area contributed by atoms with E-state index in [2.05, 4.69) is 20.3 Å². The van der Waals surface area contributed by atoms with Crippen LogP contribution in [0.3, 0.4) is 0 Å². The van der Waals surface area contributed by atoms with Crippen molar-refractivity contribution in [1.82, 2.24) is 19.5 Å². The number of rotatable bonds is 9. The lowest BCUT2D eigenvalue weighted by Gasteiger charge is -2.15. The fourth-order valence-electron chi connectivity index (χ4n) is 4.97. The summed E-state index contributed by atoms with van der Waals surface area (Å²) in [6, 6.07) is 22.9. The zero-order valence-electron chi connectivity index (χ0n) is 23.5. The van der Waals surface area contributed by atoms with Gasteiger partial charge < -0.3 is 25.1 Å². The molecule has 0 aliphatic carbocycles.